The first kappa shape index (κ1) is 15.5. The van der Waals surface area contributed by atoms with Crippen LogP contribution in [0.4, 0.5) is 5.69 Å². The summed E-state index contributed by atoms with van der Waals surface area (Å²) < 4.78 is 6.34. The molecule has 0 radical (unpaired) electrons. The Kier molecular flexibility index (Phi) is 3.43. The Balaban J connectivity index is 1.91. The van der Waals surface area contributed by atoms with E-state index in [0.717, 1.165) is 4.47 Å². The SMILES string of the molecule is O=C1NC(c2ccc([N+](=O)[O-])cc2)c2c1oc1ccc(Br)cc1c2=O. The smallest absolute Gasteiger partial charge is 0.288 e. The van der Waals surface area contributed by atoms with Gasteiger partial charge >= 0.3 is 0 Å². The lowest BCUT2D eigenvalue weighted by molar-refractivity contribution is -0.384. The number of non-ortho nitro benzene ring substituents is 1. The topological polar surface area (TPSA) is 102 Å². The summed E-state index contributed by atoms with van der Waals surface area (Å²) in [6.45, 7) is 0. The van der Waals surface area contributed by atoms with Gasteiger partial charge in [-0.25, -0.2) is 0 Å². The second-order valence-electron chi connectivity index (χ2n) is 5.57. The predicted octanol–water partition coefficient (Wildman–Crippen LogP) is 3.30. The number of benzene rings is 2. The molecule has 0 bridgehead atoms. The molecule has 0 aliphatic carbocycles. The number of fused-ring (bicyclic) bond motifs is 2. The first-order valence-electron chi connectivity index (χ1n) is 7.27. The molecule has 25 heavy (non-hydrogen) atoms. The standard InChI is InChI=1S/C17H9BrN2O5/c18-9-3-6-12-11(7-9)15(21)13-14(19-17(22)16(13)25-12)8-1-4-10(5-2-8)20(23)24/h1-7,14H,(H,19,22). The first-order chi connectivity index (χ1) is 12.0. The Morgan fingerprint density at radius 1 is 1.12 bits per heavy atom. The normalized spacial score (nSPS) is 15.9. The molecule has 0 fully saturated rings. The number of nitrogens with zero attached hydrogens (tertiary/aromatic N) is 1. The van der Waals surface area contributed by atoms with E-state index in [1.807, 2.05) is 0 Å². The van der Waals surface area contributed by atoms with Crippen LogP contribution in [-0.4, -0.2) is 10.8 Å². The van der Waals surface area contributed by atoms with Gasteiger partial charge in [-0.3, -0.25) is 19.7 Å². The number of amides is 1. The second kappa shape index (κ2) is 5.52. The second-order valence-corrected chi connectivity index (χ2v) is 6.49. The zero-order chi connectivity index (χ0) is 17.7. The maximum absolute atomic E-state index is 12.9. The lowest BCUT2D eigenvalue weighted by Gasteiger charge is -2.11. The van der Waals surface area contributed by atoms with Gasteiger partial charge < -0.3 is 9.73 Å². The van der Waals surface area contributed by atoms with Crippen LogP contribution in [0, 0.1) is 10.1 Å². The van der Waals surface area contributed by atoms with Crippen molar-refractivity contribution in [2.24, 2.45) is 0 Å². The number of hydrogen-bond donors (Lipinski definition) is 1. The van der Waals surface area contributed by atoms with Crippen molar-refractivity contribution in [3.63, 3.8) is 0 Å². The van der Waals surface area contributed by atoms with Crippen LogP contribution in [0.25, 0.3) is 11.0 Å². The van der Waals surface area contributed by atoms with Crippen LogP contribution < -0.4 is 10.7 Å². The Hall–Kier alpha value is -3.00. The molecule has 124 valence electrons. The number of halogens is 1. The molecule has 1 N–H and O–H groups in total. The highest BCUT2D eigenvalue weighted by molar-refractivity contribution is 9.10. The molecule has 7 nitrogen and oxygen atoms in total. The van der Waals surface area contributed by atoms with Gasteiger partial charge in [-0.2, -0.15) is 0 Å². The molecule has 1 aromatic heterocycles. The number of nitrogens with one attached hydrogen (secondary N) is 1. The molecule has 0 spiro atoms. The van der Waals surface area contributed by atoms with Gasteiger partial charge in [0.1, 0.15) is 5.58 Å². The van der Waals surface area contributed by atoms with Gasteiger partial charge in [-0.15, -0.1) is 0 Å². The Labute approximate surface area is 148 Å². The Bertz CT molecular complexity index is 1100. The summed E-state index contributed by atoms with van der Waals surface area (Å²) >= 11 is 3.31. The third-order valence-corrected chi connectivity index (χ3v) is 4.59. The number of carbonyl (C=O) groups excluding carboxylic acids is 1. The van der Waals surface area contributed by atoms with E-state index < -0.39 is 16.9 Å². The van der Waals surface area contributed by atoms with Crippen LogP contribution in [0.1, 0.15) is 27.7 Å². The van der Waals surface area contributed by atoms with E-state index in [1.165, 1.54) is 24.3 Å². The lowest BCUT2D eigenvalue weighted by Crippen LogP contribution is -2.21. The Morgan fingerprint density at radius 3 is 2.52 bits per heavy atom. The number of nitro benzene ring substituents is 1. The molecule has 0 saturated heterocycles. The molecule has 1 atom stereocenters. The molecule has 1 unspecified atom stereocenters. The third kappa shape index (κ3) is 2.42. The van der Waals surface area contributed by atoms with E-state index in [0.29, 0.717) is 16.5 Å². The molecule has 2 aromatic carbocycles. The number of nitro groups is 1. The van der Waals surface area contributed by atoms with E-state index in [9.17, 15) is 19.7 Å². The molecule has 2 heterocycles. The molecule has 4 rings (SSSR count). The van der Waals surface area contributed by atoms with Crippen molar-refractivity contribution >= 4 is 38.5 Å². The first-order valence-corrected chi connectivity index (χ1v) is 8.06. The van der Waals surface area contributed by atoms with Gasteiger partial charge in [0.25, 0.3) is 11.6 Å². The van der Waals surface area contributed by atoms with Gasteiger partial charge in [0.15, 0.2) is 5.43 Å². The highest BCUT2D eigenvalue weighted by Gasteiger charge is 2.36. The lowest BCUT2D eigenvalue weighted by atomic mass is 9.99. The summed E-state index contributed by atoms with van der Waals surface area (Å²) in [6.07, 6.45) is 0. The summed E-state index contributed by atoms with van der Waals surface area (Å²) in [5.41, 5.74) is 0.734. The summed E-state index contributed by atoms with van der Waals surface area (Å²) in [6, 6.07) is 9.97. The van der Waals surface area contributed by atoms with Crippen LogP contribution in [0.3, 0.4) is 0 Å². The van der Waals surface area contributed by atoms with Gasteiger partial charge in [0, 0.05) is 16.6 Å². The monoisotopic (exact) mass is 400 g/mol. The van der Waals surface area contributed by atoms with Crippen LogP contribution in [0.2, 0.25) is 0 Å². The summed E-state index contributed by atoms with van der Waals surface area (Å²) in [7, 11) is 0. The maximum Gasteiger partial charge on any atom is 0.288 e. The van der Waals surface area contributed by atoms with Crippen molar-refractivity contribution in [2.75, 3.05) is 0 Å². The highest BCUT2D eigenvalue weighted by atomic mass is 79.9. The fourth-order valence-corrected chi connectivity index (χ4v) is 3.28. The minimum Gasteiger partial charge on any atom is -0.450 e. The number of hydrogen-bond acceptors (Lipinski definition) is 5. The van der Waals surface area contributed by atoms with E-state index in [2.05, 4.69) is 21.2 Å². The minimum absolute atomic E-state index is 0.0248. The Morgan fingerprint density at radius 2 is 1.84 bits per heavy atom. The van der Waals surface area contributed by atoms with Crippen molar-refractivity contribution in [3.8, 4) is 0 Å². The van der Waals surface area contributed by atoms with Crippen LogP contribution in [0.5, 0.6) is 0 Å². The zero-order valence-electron chi connectivity index (χ0n) is 12.5. The van der Waals surface area contributed by atoms with Crippen molar-refractivity contribution < 1.29 is 14.1 Å². The van der Waals surface area contributed by atoms with Gasteiger partial charge in [-0.05, 0) is 35.9 Å². The molecule has 1 aliphatic rings. The van der Waals surface area contributed by atoms with Crippen molar-refractivity contribution in [1.82, 2.24) is 5.32 Å². The fraction of sp³-hybridized carbons (Fsp3) is 0.0588. The predicted molar refractivity (Wildman–Crippen MR) is 92.6 cm³/mol. The molecule has 3 aromatic rings. The maximum atomic E-state index is 12.9. The average Bonchev–Trinajstić information content (AvgIpc) is 2.93. The van der Waals surface area contributed by atoms with Crippen molar-refractivity contribution in [2.45, 2.75) is 6.04 Å². The summed E-state index contributed by atoms with van der Waals surface area (Å²) in [5.74, 6) is -0.511. The largest absolute Gasteiger partial charge is 0.450 e. The highest BCUT2D eigenvalue weighted by Crippen LogP contribution is 2.32. The fourth-order valence-electron chi connectivity index (χ4n) is 2.92. The zero-order valence-corrected chi connectivity index (χ0v) is 14.1. The quantitative estimate of drug-likeness (QED) is 0.525. The molecule has 1 amide bonds. The summed E-state index contributed by atoms with van der Waals surface area (Å²) in [5, 5.41) is 13.8. The van der Waals surface area contributed by atoms with E-state index >= 15 is 0 Å². The molecule has 0 saturated carbocycles. The average molecular weight is 401 g/mol. The third-order valence-electron chi connectivity index (χ3n) is 4.10. The molecule has 1 aliphatic heterocycles. The number of rotatable bonds is 2. The van der Waals surface area contributed by atoms with Gasteiger partial charge in [-0.1, -0.05) is 15.9 Å². The van der Waals surface area contributed by atoms with E-state index in [1.54, 1.807) is 18.2 Å². The van der Waals surface area contributed by atoms with Crippen LogP contribution >= 0.6 is 15.9 Å². The van der Waals surface area contributed by atoms with E-state index in [4.69, 9.17) is 4.42 Å². The van der Waals surface area contributed by atoms with Crippen LogP contribution in [0.15, 0.2) is 56.1 Å². The molecular weight excluding hydrogens is 392 g/mol. The summed E-state index contributed by atoms with van der Waals surface area (Å²) in [4.78, 5) is 35.4. The van der Waals surface area contributed by atoms with E-state index in [-0.39, 0.29) is 22.4 Å². The van der Waals surface area contributed by atoms with Crippen molar-refractivity contribution in [1.29, 1.82) is 0 Å². The van der Waals surface area contributed by atoms with Crippen molar-refractivity contribution in [3.05, 3.63) is 84.2 Å². The number of carbonyl (C=O) groups is 1. The minimum atomic E-state index is -0.706. The van der Waals surface area contributed by atoms with Crippen LogP contribution in [-0.2, 0) is 0 Å². The molecule has 8 heteroatoms. The van der Waals surface area contributed by atoms with Gasteiger partial charge in [0.05, 0.1) is 21.9 Å². The van der Waals surface area contributed by atoms with Gasteiger partial charge in [0.2, 0.25) is 5.76 Å². The molecular formula is C17H9BrN2O5.